The molecule has 1 aliphatic rings. The number of aromatic nitrogens is 2. The van der Waals surface area contributed by atoms with Gasteiger partial charge < -0.3 is 15.4 Å². The predicted octanol–water partition coefficient (Wildman–Crippen LogP) is 1.52. The molecule has 3 rings (SSSR count). The molecule has 2 heterocycles. The maximum Gasteiger partial charge on any atom is 0.335 e. The van der Waals surface area contributed by atoms with Gasteiger partial charge in [0.1, 0.15) is 5.82 Å². The van der Waals surface area contributed by atoms with E-state index in [4.69, 9.17) is 10.8 Å². The highest BCUT2D eigenvalue weighted by Gasteiger charge is 2.20. The van der Waals surface area contributed by atoms with E-state index in [1.807, 2.05) is 12.3 Å². The Labute approximate surface area is 110 Å². The van der Waals surface area contributed by atoms with E-state index >= 15 is 0 Å². The first-order valence-electron chi connectivity index (χ1n) is 6.29. The van der Waals surface area contributed by atoms with Crippen molar-refractivity contribution in [3.05, 3.63) is 41.7 Å². The van der Waals surface area contributed by atoms with E-state index in [-0.39, 0.29) is 11.6 Å². The van der Waals surface area contributed by atoms with Crippen molar-refractivity contribution in [2.24, 2.45) is 5.73 Å². The van der Waals surface area contributed by atoms with Gasteiger partial charge in [0.05, 0.1) is 5.56 Å². The number of hydrogen-bond acceptors (Lipinski definition) is 3. The third-order valence-electron chi connectivity index (χ3n) is 3.49. The van der Waals surface area contributed by atoms with E-state index < -0.39 is 5.97 Å². The van der Waals surface area contributed by atoms with Crippen LogP contribution >= 0.6 is 0 Å². The topological polar surface area (TPSA) is 81.1 Å². The van der Waals surface area contributed by atoms with Crippen molar-refractivity contribution in [3.63, 3.8) is 0 Å². The number of imidazole rings is 1. The molecule has 0 radical (unpaired) electrons. The Hall–Kier alpha value is -2.14. The Morgan fingerprint density at radius 1 is 1.47 bits per heavy atom. The molecule has 1 aromatic carbocycles. The van der Waals surface area contributed by atoms with Gasteiger partial charge in [-0.1, -0.05) is 12.1 Å². The van der Waals surface area contributed by atoms with Crippen LogP contribution in [0.25, 0.3) is 11.4 Å². The van der Waals surface area contributed by atoms with Crippen molar-refractivity contribution >= 4 is 5.97 Å². The van der Waals surface area contributed by atoms with Crippen LogP contribution in [0.1, 0.15) is 22.5 Å². The first-order valence-corrected chi connectivity index (χ1v) is 6.29. The molecule has 5 nitrogen and oxygen atoms in total. The molecule has 2 aromatic rings. The molecule has 0 fully saturated rings. The van der Waals surface area contributed by atoms with E-state index in [9.17, 15) is 4.79 Å². The zero-order valence-electron chi connectivity index (χ0n) is 10.4. The smallest absolute Gasteiger partial charge is 0.335 e. The number of rotatable bonds is 2. The summed E-state index contributed by atoms with van der Waals surface area (Å²) in [5.41, 5.74) is 8.25. The molecular formula is C14H15N3O2. The highest BCUT2D eigenvalue weighted by Crippen LogP contribution is 2.24. The van der Waals surface area contributed by atoms with Gasteiger partial charge in [-0.25, -0.2) is 9.78 Å². The Morgan fingerprint density at radius 2 is 2.32 bits per heavy atom. The molecule has 0 saturated heterocycles. The average molecular weight is 257 g/mol. The van der Waals surface area contributed by atoms with E-state index in [1.165, 1.54) is 0 Å². The van der Waals surface area contributed by atoms with Gasteiger partial charge in [0.15, 0.2) is 0 Å². The molecule has 0 amide bonds. The summed E-state index contributed by atoms with van der Waals surface area (Å²) in [5.74, 6) is -0.128. The lowest BCUT2D eigenvalue weighted by Gasteiger charge is -2.22. The molecule has 0 saturated carbocycles. The molecule has 0 aliphatic carbocycles. The molecule has 1 atom stereocenters. The maximum atomic E-state index is 11.0. The molecule has 19 heavy (non-hydrogen) atoms. The first kappa shape index (κ1) is 11.9. The second kappa shape index (κ2) is 4.51. The van der Waals surface area contributed by atoms with E-state index in [0.717, 1.165) is 36.5 Å². The number of aromatic carboxylic acids is 1. The van der Waals surface area contributed by atoms with Gasteiger partial charge >= 0.3 is 5.97 Å². The van der Waals surface area contributed by atoms with Crippen LogP contribution in [0.4, 0.5) is 0 Å². The average Bonchev–Trinajstić information content (AvgIpc) is 2.81. The Kier molecular flexibility index (Phi) is 2.83. The number of nitrogens with two attached hydrogens (primary N) is 1. The molecule has 98 valence electrons. The quantitative estimate of drug-likeness (QED) is 0.854. The van der Waals surface area contributed by atoms with Gasteiger partial charge in [-0.3, -0.25) is 0 Å². The molecule has 3 N–H and O–H groups in total. The molecule has 5 heteroatoms. The molecule has 1 unspecified atom stereocenters. The van der Waals surface area contributed by atoms with Crippen molar-refractivity contribution < 1.29 is 9.90 Å². The van der Waals surface area contributed by atoms with Crippen LogP contribution < -0.4 is 5.73 Å². The number of carbonyl (C=O) groups is 1. The summed E-state index contributed by atoms with van der Waals surface area (Å²) >= 11 is 0. The number of nitrogens with zero attached hydrogens (tertiary/aromatic N) is 2. The third kappa shape index (κ3) is 2.13. The van der Waals surface area contributed by atoms with Crippen LogP contribution in [0.5, 0.6) is 0 Å². The highest BCUT2D eigenvalue weighted by molar-refractivity contribution is 5.89. The second-order valence-corrected chi connectivity index (χ2v) is 4.87. The van der Waals surface area contributed by atoms with E-state index in [0.29, 0.717) is 0 Å². The summed E-state index contributed by atoms with van der Waals surface area (Å²) in [6.07, 6.45) is 3.75. The second-order valence-electron chi connectivity index (χ2n) is 4.87. The van der Waals surface area contributed by atoms with Crippen LogP contribution in [0.2, 0.25) is 0 Å². The Morgan fingerprint density at radius 3 is 3.11 bits per heavy atom. The van der Waals surface area contributed by atoms with Crippen molar-refractivity contribution in [2.75, 3.05) is 0 Å². The van der Waals surface area contributed by atoms with Gasteiger partial charge in [-0.2, -0.15) is 0 Å². The summed E-state index contributed by atoms with van der Waals surface area (Å²) < 4.78 is 2.09. The minimum atomic E-state index is -0.927. The van der Waals surface area contributed by atoms with Crippen molar-refractivity contribution in [1.29, 1.82) is 0 Å². The van der Waals surface area contributed by atoms with Crippen molar-refractivity contribution in [2.45, 2.75) is 25.4 Å². The summed E-state index contributed by atoms with van der Waals surface area (Å²) in [4.78, 5) is 15.4. The molecule has 1 aliphatic heterocycles. The molecule has 0 spiro atoms. The number of benzene rings is 1. The normalized spacial score (nSPS) is 18.1. The van der Waals surface area contributed by atoms with Crippen LogP contribution in [-0.2, 0) is 13.0 Å². The maximum absolute atomic E-state index is 11.0. The van der Waals surface area contributed by atoms with Gasteiger partial charge in [0.2, 0.25) is 0 Å². The van der Waals surface area contributed by atoms with E-state index in [2.05, 4.69) is 9.55 Å². The minimum Gasteiger partial charge on any atom is -0.478 e. The number of aryl methyl sites for hydroxylation is 1. The number of carboxylic acids is 1. The zero-order valence-corrected chi connectivity index (χ0v) is 10.4. The summed E-state index contributed by atoms with van der Waals surface area (Å²) in [6, 6.07) is 6.99. The fourth-order valence-corrected chi connectivity index (χ4v) is 2.50. The zero-order chi connectivity index (χ0) is 13.4. The number of fused-ring (bicyclic) bond motifs is 1. The Bertz CT molecular complexity index is 633. The lowest BCUT2D eigenvalue weighted by atomic mass is 10.1. The highest BCUT2D eigenvalue weighted by atomic mass is 16.4. The van der Waals surface area contributed by atoms with Gasteiger partial charge in [-0.05, 0) is 25.0 Å². The number of hydrogen-bond donors (Lipinski definition) is 2. The summed E-state index contributed by atoms with van der Waals surface area (Å²) in [6.45, 7) is 0.738. The summed E-state index contributed by atoms with van der Waals surface area (Å²) in [7, 11) is 0. The largest absolute Gasteiger partial charge is 0.478 e. The molecular weight excluding hydrogens is 242 g/mol. The van der Waals surface area contributed by atoms with Gasteiger partial charge in [-0.15, -0.1) is 0 Å². The van der Waals surface area contributed by atoms with E-state index in [1.54, 1.807) is 18.2 Å². The fraction of sp³-hybridized carbons (Fsp3) is 0.286. The summed E-state index contributed by atoms with van der Waals surface area (Å²) in [5, 5.41) is 9.04. The van der Waals surface area contributed by atoms with Crippen LogP contribution in [0.3, 0.4) is 0 Å². The lowest BCUT2D eigenvalue weighted by Crippen LogP contribution is -2.31. The first-order chi connectivity index (χ1) is 9.15. The van der Waals surface area contributed by atoms with Gasteiger partial charge in [0.25, 0.3) is 0 Å². The molecule has 0 bridgehead atoms. The molecule has 1 aromatic heterocycles. The third-order valence-corrected chi connectivity index (χ3v) is 3.49. The lowest BCUT2D eigenvalue weighted by molar-refractivity contribution is 0.0697. The van der Waals surface area contributed by atoms with Crippen LogP contribution in [-0.4, -0.2) is 26.7 Å². The van der Waals surface area contributed by atoms with Crippen molar-refractivity contribution in [3.8, 4) is 11.4 Å². The SMILES string of the molecule is NC1CCc2cnc(-c3cccc(C(=O)O)c3)n2C1. The monoisotopic (exact) mass is 257 g/mol. The Balaban J connectivity index is 2.05. The predicted molar refractivity (Wildman–Crippen MR) is 70.9 cm³/mol. The van der Waals surface area contributed by atoms with Crippen molar-refractivity contribution in [1.82, 2.24) is 9.55 Å². The van der Waals surface area contributed by atoms with Gasteiger partial charge in [0, 0.05) is 30.0 Å². The standard InChI is InChI=1S/C14H15N3O2/c15-11-4-5-12-7-16-13(17(12)8-11)9-2-1-3-10(6-9)14(18)19/h1-3,6-7,11H,4-5,8,15H2,(H,18,19). The fourth-order valence-electron chi connectivity index (χ4n) is 2.50. The van der Waals surface area contributed by atoms with Crippen LogP contribution in [0.15, 0.2) is 30.5 Å². The minimum absolute atomic E-state index is 0.142. The van der Waals surface area contributed by atoms with Crippen LogP contribution in [0, 0.1) is 0 Å². The number of carboxylic acid groups (broad SMARTS) is 1.